The van der Waals surface area contributed by atoms with E-state index in [4.69, 9.17) is 4.98 Å². The van der Waals surface area contributed by atoms with Crippen molar-refractivity contribution in [2.45, 2.75) is 20.8 Å². The zero-order valence-electron chi connectivity index (χ0n) is 19.0. The summed E-state index contributed by atoms with van der Waals surface area (Å²) in [7, 11) is 0. The topological polar surface area (TPSA) is 29.0 Å². The molecule has 162 valence electrons. The fourth-order valence-electron chi connectivity index (χ4n) is 3.94. The third-order valence-corrected chi connectivity index (χ3v) is 6.80. The average Bonchev–Trinajstić information content (AvgIpc) is 3.28. The summed E-state index contributed by atoms with van der Waals surface area (Å²) < 4.78 is 0. The van der Waals surface area contributed by atoms with Gasteiger partial charge in [0.1, 0.15) is 15.7 Å². The van der Waals surface area contributed by atoms with E-state index >= 15 is 0 Å². The van der Waals surface area contributed by atoms with Gasteiger partial charge in [0, 0.05) is 23.1 Å². The molecule has 4 heteroatoms. The van der Waals surface area contributed by atoms with Crippen LogP contribution in [0.2, 0.25) is 0 Å². The summed E-state index contributed by atoms with van der Waals surface area (Å²) >= 11 is 1.68. The van der Waals surface area contributed by atoms with E-state index in [1.54, 1.807) is 11.3 Å². The molecule has 2 aromatic heterocycles. The molecule has 0 unspecified atom stereocenters. The lowest BCUT2D eigenvalue weighted by Gasteiger charge is -2.27. The average molecular weight is 448 g/mol. The van der Waals surface area contributed by atoms with Crippen molar-refractivity contribution in [2.24, 2.45) is 0 Å². The van der Waals surface area contributed by atoms with E-state index in [0.717, 1.165) is 38.3 Å². The van der Waals surface area contributed by atoms with E-state index < -0.39 is 0 Å². The third-order valence-electron chi connectivity index (χ3n) is 5.73. The lowest BCUT2D eigenvalue weighted by Crippen LogP contribution is -2.12. The molecule has 0 spiro atoms. The highest BCUT2D eigenvalue weighted by Gasteiger charge is 2.24. The Labute approximate surface area is 199 Å². The summed E-state index contributed by atoms with van der Waals surface area (Å²) in [6.45, 7) is 6.43. The Kier molecular flexibility index (Phi) is 5.76. The van der Waals surface area contributed by atoms with Gasteiger partial charge >= 0.3 is 0 Å². The maximum absolute atomic E-state index is 5.13. The number of thiazole rings is 1. The Balaban J connectivity index is 1.80. The van der Waals surface area contributed by atoms with E-state index in [-0.39, 0.29) is 0 Å². The van der Waals surface area contributed by atoms with Gasteiger partial charge in [-0.25, -0.2) is 4.98 Å². The predicted octanol–water partition coefficient (Wildman–Crippen LogP) is 8.27. The van der Waals surface area contributed by atoms with Gasteiger partial charge in [-0.3, -0.25) is 9.88 Å². The second kappa shape index (κ2) is 9.00. The van der Waals surface area contributed by atoms with E-state index in [2.05, 4.69) is 103 Å². The van der Waals surface area contributed by atoms with E-state index in [1.807, 2.05) is 24.4 Å². The number of pyridine rings is 1. The molecular weight excluding hydrogens is 422 g/mol. The second-order valence-electron chi connectivity index (χ2n) is 8.16. The van der Waals surface area contributed by atoms with Gasteiger partial charge in [0.05, 0.1) is 5.69 Å². The first-order chi connectivity index (χ1) is 16.1. The minimum Gasteiger partial charge on any atom is -0.300 e. The summed E-state index contributed by atoms with van der Waals surface area (Å²) in [5.74, 6) is 0. The van der Waals surface area contributed by atoms with Crippen LogP contribution in [-0.4, -0.2) is 9.97 Å². The molecule has 0 aliphatic heterocycles. The summed E-state index contributed by atoms with van der Waals surface area (Å²) in [5, 5.41) is 2.00. The molecule has 0 aliphatic rings. The lowest BCUT2D eigenvalue weighted by atomic mass is 10.1. The first kappa shape index (κ1) is 21.1. The first-order valence-corrected chi connectivity index (χ1v) is 11.8. The van der Waals surface area contributed by atoms with Crippen LogP contribution in [0.3, 0.4) is 0 Å². The molecule has 0 amide bonds. The van der Waals surface area contributed by atoms with Gasteiger partial charge in [0.15, 0.2) is 0 Å². The largest absolute Gasteiger partial charge is 0.300 e. The molecule has 0 atom stereocenters. The second-order valence-corrected chi connectivity index (χ2v) is 9.14. The van der Waals surface area contributed by atoms with Crippen molar-refractivity contribution in [1.82, 2.24) is 9.97 Å². The number of nitrogens with zero attached hydrogens (tertiary/aromatic N) is 3. The van der Waals surface area contributed by atoms with Crippen LogP contribution in [0.5, 0.6) is 0 Å². The molecule has 33 heavy (non-hydrogen) atoms. The van der Waals surface area contributed by atoms with Crippen LogP contribution < -0.4 is 4.90 Å². The normalized spacial score (nSPS) is 10.9. The molecule has 0 saturated carbocycles. The Morgan fingerprint density at radius 3 is 1.85 bits per heavy atom. The molecule has 0 saturated heterocycles. The molecular formula is C29H25N3S. The van der Waals surface area contributed by atoms with Crippen molar-refractivity contribution in [1.29, 1.82) is 0 Å². The zero-order valence-corrected chi connectivity index (χ0v) is 19.8. The van der Waals surface area contributed by atoms with Crippen LogP contribution in [-0.2, 0) is 0 Å². The molecule has 0 aliphatic carbocycles. The molecule has 5 rings (SSSR count). The summed E-state index contributed by atoms with van der Waals surface area (Å²) in [6, 6.07) is 31.6. The van der Waals surface area contributed by atoms with Gasteiger partial charge in [-0.2, -0.15) is 0 Å². The Bertz CT molecular complexity index is 1340. The van der Waals surface area contributed by atoms with Crippen LogP contribution in [0.25, 0.3) is 22.0 Å². The van der Waals surface area contributed by atoms with E-state index in [1.165, 1.54) is 16.7 Å². The standard InChI is InChI=1S/C29H25N3S/c1-20-15-17-23(18-16-20)27-29(33-28(31-27)24-12-8-9-19-30-24)32(25-13-6-4-10-21(25)2)26-14-7-5-11-22(26)3/h4-19H,1-3H3. The quantitative estimate of drug-likeness (QED) is 0.271. The summed E-state index contributed by atoms with van der Waals surface area (Å²) in [5.41, 5.74) is 8.90. The number of hydrogen-bond donors (Lipinski definition) is 0. The Hall–Kier alpha value is -3.76. The predicted molar refractivity (Wildman–Crippen MR) is 140 cm³/mol. The molecule has 2 heterocycles. The van der Waals surface area contributed by atoms with Crippen LogP contribution >= 0.6 is 11.3 Å². The van der Waals surface area contributed by atoms with Gasteiger partial charge in [-0.1, -0.05) is 83.6 Å². The molecule has 5 aromatic rings. The van der Waals surface area contributed by atoms with Crippen molar-refractivity contribution < 1.29 is 0 Å². The fourth-order valence-corrected chi connectivity index (χ4v) is 5.03. The van der Waals surface area contributed by atoms with Gasteiger partial charge in [0.25, 0.3) is 0 Å². The summed E-state index contributed by atoms with van der Waals surface area (Å²) in [4.78, 5) is 12.1. The number of rotatable bonds is 5. The Morgan fingerprint density at radius 1 is 0.667 bits per heavy atom. The Morgan fingerprint density at radius 2 is 1.27 bits per heavy atom. The monoisotopic (exact) mass is 447 g/mol. The van der Waals surface area contributed by atoms with Crippen LogP contribution in [0.4, 0.5) is 16.4 Å². The zero-order chi connectivity index (χ0) is 22.8. The van der Waals surface area contributed by atoms with Crippen molar-refractivity contribution in [3.05, 3.63) is 114 Å². The van der Waals surface area contributed by atoms with Crippen LogP contribution in [0.15, 0.2) is 97.2 Å². The van der Waals surface area contributed by atoms with Gasteiger partial charge < -0.3 is 0 Å². The molecule has 0 bridgehead atoms. The smallest absolute Gasteiger partial charge is 0.144 e. The van der Waals surface area contributed by atoms with Crippen molar-refractivity contribution in [3.8, 4) is 22.0 Å². The summed E-state index contributed by atoms with van der Waals surface area (Å²) in [6.07, 6.45) is 1.82. The highest BCUT2D eigenvalue weighted by atomic mass is 32.1. The molecule has 0 radical (unpaired) electrons. The maximum Gasteiger partial charge on any atom is 0.144 e. The molecule has 0 fully saturated rings. The third kappa shape index (κ3) is 4.18. The van der Waals surface area contributed by atoms with Crippen LogP contribution in [0.1, 0.15) is 16.7 Å². The number of para-hydroxylation sites is 2. The van der Waals surface area contributed by atoms with Crippen molar-refractivity contribution in [2.75, 3.05) is 4.90 Å². The van der Waals surface area contributed by atoms with Gasteiger partial charge in [0.2, 0.25) is 0 Å². The van der Waals surface area contributed by atoms with E-state index in [0.29, 0.717) is 0 Å². The molecule has 3 aromatic carbocycles. The number of anilines is 3. The fraction of sp³-hybridized carbons (Fsp3) is 0.103. The lowest BCUT2D eigenvalue weighted by molar-refractivity contribution is 1.23. The van der Waals surface area contributed by atoms with Crippen molar-refractivity contribution >= 4 is 27.7 Å². The number of aryl methyl sites for hydroxylation is 3. The minimum absolute atomic E-state index is 0.886. The number of aromatic nitrogens is 2. The SMILES string of the molecule is Cc1ccc(-c2nc(-c3ccccn3)sc2N(c2ccccc2C)c2ccccc2C)cc1. The molecule has 3 nitrogen and oxygen atoms in total. The minimum atomic E-state index is 0.886. The van der Waals surface area contributed by atoms with Crippen molar-refractivity contribution in [3.63, 3.8) is 0 Å². The van der Waals surface area contributed by atoms with Crippen LogP contribution in [0, 0.1) is 20.8 Å². The maximum atomic E-state index is 5.13. The number of hydrogen-bond acceptors (Lipinski definition) is 4. The highest BCUT2D eigenvalue weighted by molar-refractivity contribution is 7.19. The highest BCUT2D eigenvalue weighted by Crippen LogP contribution is 2.47. The first-order valence-electron chi connectivity index (χ1n) is 11.0. The number of benzene rings is 3. The van der Waals surface area contributed by atoms with E-state index in [9.17, 15) is 0 Å². The molecule has 0 N–H and O–H groups in total. The van der Waals surface area contributed by atoms with Gasteiger partial charge in [-0.15, -0.1) is 0 Å². The van der Waals surface area contributed by atoms with Gasteiger partial charge in [-0.05, 0) is 56.2 Å².